The molecular weight excluding hydrogens is 340 g/mol. The van der Waals surface area contributed by atoms with Crippen LogP contribution in [0.25, 0.3) is 0 Å². The summed E-state index contributed by atoms with van der Waals surface area (Å²) in [6.45, 7) is 8.93. The van der Waals surface area contributed by atoms with Gasteiger partial charge in [0.05, 0.1) is 13.2 Å². The molecule has 0 aliphatic rings. The number of hydrogen-bond acceptors (Lipinski definition) is 4. The minimum absolute atomic E-state index is 0.0847. The molecule has 0 N–H and O–H groups in total. The quantitative estimate of drug-likeness (QED) is 0.177. The number of carbonyl (C=O) groups is 2. The third kappa shape index (κ3) is 20.8. The highest BCUT2D eigenvalue weighted by Crippen LogP contribution is 2.13. The molecule has 0 saturated heterocycles. The van der Waals surface area contributed by atoms with Crippen LogP contribution in [0, 0.1) is 5.41 Å². The van der Waals surface area contributed by atoms with Gasteiger partial charge < -0.3 is 9.47 Å². The summed E-state index contributed by atoms with van der Waals surface area (Å²) < 4.78 is 10.1. The molecule has 0 heterocycles. The minimum atomic E-state index is -0.507. The fourth-order valence-corrected chi connectivity index (χ4v) is 2.64. The Labute approximate surface area is 167 Å². The Morgan fingerprint density at radius 1 is 0.667 bits per heavy atom. The highest BCUT2D eigenvalue weighted by molar-refractivity contribution is 5.91. The maximum Gasteiger partial charge on any atom is 0.331 e. The van der Waals surface area contributed by atoms with E-state index in [4.69, 9.17) is 9.47 Å². The molecule has 0 unspecified atom stereocenters. The van der Waals surface area contributed by atoms with Gasteiger partial charge in [-0.1, -0.05) is 98.3 Å². The van der Waals surface area contributed by atoms with Gasteiger partial charge in [-0.25, -0.2) is 9.59 Å². The average molecular weight is 383 g/mol. The molecule has 0 rings (SSSR count). The molecule has 0 aliphatic carbocycles. The second-order valence-corrected chi connectivity index (χ2v) is 8.56. The predicted octanol–water partition coefficient (Wildman–Crippen LogP) is 6.38. The summed E-state index contributed by atoms with van der Waals surface area (Å²) in [5.74, 6) is -0.988. The van der Waals surface area contributed by atoms with Gasteiger partial charge in [0.15, 0.2) is 0 Å². The van der Waals surface area contributed by atoms with Crippen LogP contribution in [-0.2, 0) is 19.1 Å². The predicted molar refractivity (Wildman–Crippen MR) is 112 cm³/mol. The highest BCUT2D eigenvalue weighted by Gasteiger charge is 2.12. The van der Waals surface area contributed by atoms with Crippen LogP contribution in [0.3, 0.4) is 0 Å². The van der Waals surface area contributed by atoms with Crippen molar-refractivity contribution in [1.82, 2.24) is 0 Å². The first-order chi connectivity index (χ1) is 12.8. The first-order valence-corrected chi connectivity index (χ1v) is 10.9. The van der Waals surface area contributed by atoms with E-state index in [0.29, 0.717) is 13.2 Å². The molecule has 158 valence electrons. The second-order valence-electron chi connectivity index (χ2n) is 8.56. The van der Waals surface area contributed by atoms with E-state index in [0.717, 1.165) is 25.0 Å². The first-order valence-electron chi connectivity index (χ1n) is 10.9. The van der Waals surface area contributed by atoms with Gasteiger partial charge in [0.1, 0.15) is 0 Å². The lowest BCUT2D eigenvalue weighted by atomic mass is 9.99. The van der Waals surface area contributed by atoms with Gasteiger partial charge in [0.2, 0.25) is 0 Å². The van der Waals surface area contributed by atoms with Crippen molar-refractivity contribution >= 4 is 11.9 Å². The van der Waals surface area contributed by atoms with Gasteiger partial charge >= 0.3 is 11.9 Å². The average Bonchev–Trinajstić information content (AvgIpc) is 2.61. The maximum atomic E-state index is 11.5. The zero-order valence-corrected chi connectivity index (χ0v) is 18.2. The van der Waals surface area contributed by atoms with Gasteiger partial charge in [0, 0.05) is 12.2 Å². The number of carbonyl (C=O) groups excluding carboxylic acids is 2. The van der Waals surface area contributed by atoms with Crippen molar-refractivity contribution in [3.8, 4) is 0 Å². The third-order valence-electron chi connectivity index (χ3n) is 4.25. The van der Waals surface area contributed by atoms with Crippen LogP contribution in [0.5, 0.6) is 0 Å². The lowest BCUT2D eigenvalue weighted by Gasteiger charge is -2.16. The number of hydrogen-bond donors (Lipinski definition) is 0. The van der Waals surface area contributed by atoms with Crippen molar-refractivity contribution in [3.05, 3.63) is 12.2 Å². The number of rotatable bonds is 16. The van der Waals surface area contributed by atoms with Crippen LogP contribution >= 0.6 is 0 Å². The van der Waals surface area contributed by atoms with E-state index in [2.05, 4.69) is 6.92 Å². The van der Waals surface area contributed by atoms with Crippen LogP contribution in [0.2, 0.25) is 0 Å². The van der Waals surface area contributed by atoms with E-state index in [-0.39, 0.29) is 5.41 Å². The van der Waals surface area contributed by atoms with Gasteiger partial charge in [-0.15, -0.1) is 0 Å². The topological polar surface area (TPSA) is 52.6 Å². The lowest BCUT2D eigenvalue weighted by molar-refractivity contribution is -0.142. The third-order valence-corrected chi connectivity index (χ3v) is 4.25. The molecule has 4 nitrogen and oxygen atoms in total. The van der Waals surface area contributed by atoms with Gasteiger partial charge in [-0.05, 0) is 11.8 Å². The summed E-state index contributed by atoms with van der Waals surface area (Å²) in [5.41, 5.74) is -0.0847. The van der Waals surface area contributed by atoms with Crippen LogP contribution < -0.4 is 0 Å². The Balaban J connectivity index is 3.43. The van der Waals surface area contributed by atoms with E-state index >= 15 is 0 Å². The zero-order valence-electron chi connectivity index (χ0n) is 18.2. The van der Waals surface area contributed by atoms with E-state index < -0.39 is 11.9 Å². The Bertz CT molecular complexity index is 407. The molecule has 0 spiro atoms. The molecule has 0 bridgehead atoms. The van der Waals surface area contributed by atoms with E-state index in [1.165, 1.54) is 64.2 Å². The van der Waals surface area contributed by atoms with Crippen molar-refractivity contribution in [2.45, 2.75) is 105 Å². The summed E-state index contributed by atoms with van der Waals surface area (Å²) in [4.78, 5) is 23.0. The molecule has 4 heteroatoms. The van der Waals surface area contributed by atoms with Crippen LogP contribution in [0.1, 0.15) is 105 Å². The zero-order chi connectivity index (χ0) is 20.4. The Kier molecular flexibility index (Phi) is 16.0. The maximum absolute atomic E-state index is 11.5. The van der Waals surface area contributed by atoms with Crippen molar-refractivity contribution < 1.29 is 19.1 Å². The summed E-state index contributed by atoms with van der Waals surface area (Å²) >= 11 is 0. The van der Waals surface area contributed by atoms with E-state index in [1.807, 2.05) is 20.8 Å². The molecule has 0 saturated carbocycles. The van der Waals surface area contributed by atoms with Crippen LogP contribution in [-0.4, -0.2) is 25.2 Å². The number of esters is 2. The SMILES string of the molecule is CCCCCCCCCCCCCCOC(=O)/C=C/C(=O)OCC(C)(C)C. The van der Waals surface area contributed by atoms with Gasteiger partial charge in [0.25, 0.3) is 0 Å². The molecule has 0 radical (unpaired) electrons. The molecule has 0 fully saturated rings. The molecule has 0 amide bonds. The normalized spacial score (nSPS) is 11.7. The molecular formula is C23H42O4. The first kappa shape index (κ1) is 25.7. The molecule has 0 aliphatic heterocycles. The van der Waals surface area contributed by atoms with Gasteiger partial charge in [-0.2, -0.15) is 0 Å². The van der Waals surface area contributed by atoms with Crippen molar-refractivity contribution in [2.24, 2.45) is 5.41 Å². The molecule has 0 aromatic carbocycles. The Hall–Kier alpha value is -1.32. The number of ether oxygens (including phenoxy) is 2. The largest absolute Gasteiger partial charge is 0.463 e. The smallest absolute Gasteiger partial charge is 0.331 e. The minimum Gasteiger partial charge on any atom is -0.463 e. The standard InChI is InChI=1S/C23H42O4/c1-5-6-7-8-9-10-11-12-13-14-15-16-19-26-21(24)17-18-22(25)27-20-23(2,3)4/h17-18H,5-16,19-20H2,1-4H3/b18-17+. The summed E-state index contributed by atoms with van der Waals surface area (Å²) in [6, 6.07) is 0. The van der Waals surface area contributed by atoms with Crippen molar-refractivity contribution in [3.63, 3.8) is 0 Å². The van der Waals surface area contributed by atoms with E-state index in [9.17, 15) is 9.59 Å². The fraction of sp³-hybridized carbons (Fsp3) is 0.826. The summed E-state index contributed by atoms with van der Waals surface area (Å²) in [6.07, 6.45) is 17.6. The lowest BCUT2D eigenvalue weighted by Crippen LogP contribution is -2.17. The number of unbranched alkanes of at least 4 members (excludes halogenated alkanes) is 11. The monoisotopic (exact) mass is 382 g/mol. The van der Waals surface area contributed by atoms with Crippen molar-refractivity contribution in [2.75, 3.05) is 13.2 Å². The van der Waals surface area contributed by atoms with Crippen LogP contribution in [0.15, 0.2) is 12.2 Å². The Morgan fingerprint density at radius 2 is 1.07 bits per heavy atom. The molecule has 0 aromatic heterocycles. The fourth-order valence-electron chi connectivity index (χ4n) is 2.64. The molecule has 0 aromatic rings. The summed E-state index contributed by atoms with van der Waals surface area (Å²) in [5, 5.41) is 0. The second kappa shape index (κ2) is 16.8. The Morgan fingerprint density at radius 3 is 1.52 bits per heavy atom. The van der Waals surface area contributed by atoms with Crippen molar-refractivity contribution in [1.29, 1.82) is 0 Å². The molecule has 27 heavy (non-hydrogen) atoms. The van der Waals surface area contributed by atoms with Crippen LogP contribution in [0.4, 0.5) is 0 Å². The summed E-state index contributed by atoms with van der Waals surface area (Å²) in [7, 11) is 0. The highest BCUT2D eigenvalue weighted by atomic mass is 16.5. The molecule has 0 atom stereocenters. The van der Waals surface area contributed by atoms with E-state index in [1.54, 1.807) is 0 Å². The van der Waals surface area contributed by atoms with Gasteiger partial charge in [-0.3, -0.25) is 0 Å².